The molecule has 1 nitrogen and oxygen atoms in total. The molecule has 1 aromatic carbocycles. The Balaban J connectivity index is 0. The SMILES string of the molecule is C/C=C\C(=C/C)C(NC)c1ccccc1.CC.[HH]. The Hall–Kier alpha value is -1.34. The summed E-state index contributed by atoms with van der Waals surface area (Å²) in [5, 5.41) is 3.33. The lowest BCUT2D eigenvalue weighted by atomic mass is 9.98. The molecular formula is C16H27N. The lowest BCUT2D eigenvalue weighted by Gasteiger charge is -2.17. The lowest BCUT2D eigenvalue weighted by Crippen LogP contribution is -2.17. The molecule has 0 fully saturated rings. The minimum absolute atomic E-state index is 0. The van der Waals surface area contributed by atoms with Gasteiger partial charge in [0.05, 0.1) is 6.04 Å². The summed E-state index contributed by atoms with van der Waals surface area (Å²) in [6.45, 7) is 8.11. The molecule has 1 heteroatoms. The Morgan fingerprint density at radius 3 is 2.18 bits per heavy atom. The first-order chi connectivity index (χ1) is 8.33. The maximum Gasteiger partial charge on any atom is 0.0570 e. The maximum atomic E-state index is 3.33. The van der Waals surface area contributed by atoms with Crippen LogP contribution in [0, 0.1) is 0 Å². The van der Waals surface area contributed by atoms with Crippen LogP contribution in [0.2, 0.25) is 0 Å². The third-order valence-electron chi connectivity index (χ3n) is 2.45. The fraction of sp³-hybridized carbons (Fsp3) is 0.375. The summed E-state index contributed by atoms with van der Waals surface area (Å²) in [5.41, 5.74) is 2.59. The predicted octanol–water partition coefficient (Wildman–Crippen LogP) is 4.74. The molecule has 0 bridgehead atoms. The highest BCUT2D eigenvalue weighted by molar-refractivity contribution is 5.33. The van der Waals surface area contributed by atoms with Crippen molar-refractivity contribution in [3.63, 3.8) is 0 Å². The summed E-state index contributed by atoms with van der Waals surface area (Å²) in [5.74, 6) is 0. The highest BCUT2D eigenvalue weighted by Crippen LogP contribution is 2.21. The number of nitrogens with one attached hydrogen (secondary N) is 1. The molecule has 0 radical (unpaired) electrons. The first-order valence-corrected chi connectivity index (χ1v) is 6.34. The molecule has 0 heterocycles. The van der Waals surface area contributed by atoms with Crippen molar-refractivity contribution in [1.29, 1.82) is 0 Å². The molecule has 0 aliphatic rings. The molecule has 0 saturated heterocycles. The number of allylic oxidation sites excluding steroid dienone is 2. The van der Waals surface area contributed by atoms with Gasteiger partial charge in [-0.2, -0.15) is 0 Å². The van der Waals surface area contributed by atoms with Crippen LogP contribution < -0.4 is 5.32 Å². The second kappa shape index (κ2) is 9.86. The molecule has 0 aliphatic heterocycles. The average molecular weight is 233 g/mol. The van der Waals surface area contributed by atoms with Gasteiger partial charge in [-0.3, -0.25) is 0 Å². The van der Waals surface area contributed by atoms with E-state index in [0.29, 0.717) is 0 Å². The van der Waals surface area contributed by atoms with E-state index >= 15 is 0 Å². The monoisotopic (exact) mass is 233 g/mol. The van der Waals surface area contributed by atoms with E-state index in [1.54, 1.807) is 0 Å². The van der Waals surface area contributed by atoms with Gasteiger partial charge in [0, 0.05) is 1.43 Å². The minimum atomic E-state index is 0. The zero-order valence-corrected chi connectivity index (χ0v) is 11.7. The molecule has 0 aromatic heterocycles. The number of rotatable bonds is 4. The van der Waals surface area contributed by atoms with Crippen molar-refractivity contribution in [3.8, 4) is 0 Å². The molecule has 0 amide bonds. The summed E-state index contributed by atoms with van der Waals surface area (Å²) < 4.78 is 0. The average Bonchev–Trinajstić information content (AvgIpc) is 2.42. The third kappa shape index (κ3) is 5.01. The van der Waals surface area contributed by atoms with Crippen LogP contribution in [-0.2, 0) is 0 Å². The predicted molar refractivity (Wildman–Crippen MR) is 80.3 cm³/mol. The molecule has 1 aromatic rings. The van der Waals surface area contributed by atoms with Crippen molar-refractivity contribution in [2.45, 2.75) is 33.7 Å². The molecule has 0 spiro atoms. The van der Waals surface area contributed by atoms with Gasteiger partial charge in [-0.25, -0.2) is 0 Å². The van der Waals surface area contributed by atoms with Gasteiger partial charge in [0.2, 0.25) is 0 Å². The maximum absolute atomic E-state index is 3.33. The molecule has 1 rings (SSSR count). The van der Waals surface area contributed by atoms with E-state index in [4.69, 9.17) is 0 Å². The smallest absolute Gasteiger partial charge is 0.0570 e. The van der Waals surface area contributed by atoms with Gasteiger partial charge in [0.1, 0.15) is 0 Å². The van der Waals surface area contributed by atoms with Crippen molar-refractivity contribution < 1.29 is 1.43 Å². The third-order valence-corrected chi connectivity index (χ3v) is 2.45. The molecule has 0 saturated carbocycles. The van der Waals surface area contributed by atoms with Crippen LogP contribution in [0.4, 0.5) is 0 Å². The standard InChI is InChI=1S/C14H19N.C2H6.H2/c1-4-9-12(5-2)14(15-3)13-10-7-6-8-11-13;1-2;/h4-11,14-15H,1-3H3;1-2H3;1H/b9-4-,12-5+;;. The van der Waals surface area contributed by atoms with Gasteiger partial charge >= 0.3 is 0 Å². The van der Waals surface area contributed by atoms with Gasteiger partial charge in [-0.1, -0.05) is 62.4 Å². The number of hydrogen-bond donors (Lipinski definition) is 1. The molecule has 1 unspecified atom stereocenters. The number of likely N-dealkylation sites (N-methyl/N-ethyl adjacent to an activating group) is 1. The fourth-order valence-electron chi connectivity index (χ4n) is 1.72. The quantitative estimate of drug-likeness (QED) is 0.741. The summed E-state index contributed by atoms with van der Waals surface area (Å²) in [6.07, 6.45) is 6.37. The van der Waals surface area contributed by atoms with Gasteiger partial charge in [-0.05, 0) is 32.0 Å². The summed E-state index contributed by atoms with van der Waals surface area (Å²) in [4.78, 5) is 0. The van der Waals surface area contributed by atoms with Gasteiger partial charge in [0.15, 0.2) is 0 Å². The van der Waals surface area contributed by atoms with E-state index in [-0.39, 0.29) is 7.47 Å². The Bertz CT molecular complexity index is 341. The summed E-state index contributed by atoms with van der Waals surface area (Å²) >= 11 is 0. The van der Waals surface area contributed by atoms with E-state index in [1.807, 2.05) is 33.9 Å². The van der Waals surface area contributed by atoms with Crippen molar-refractivity contribution >= 4 is 0 Å². The molecule has 1 N–H and O–H groups in total. The highest BCUT2D eigenvalue weighted by Gasteiger charge is 2.10. The summed E-state index contributed by atoms with van der Waals surface area (Å²) in [6, 6.07) is 10.8. The van der Waals surface area contributed by atoms with Crippen molar-refractivity contribution in [1.82, 2.24) is 5.32 Å². The fourth-order valence-corrected chi connectivity index (χ4v) is 1.72. The second-order valence-corrected chi connectivity index (χ2v) is 3.42. The Morgan fingerprint density at radius 1 is 1.18 bits per heavy atom. The van der Waals surface area contributed by atoms with Crippen molar-refractivity contribution in [2.75, 3.05) is 7.05 Å². The van der Waals surface area contributed by atoms with Crippen LogP contribution in [0.3, 0.4) is 0 Å². The van der Waals surface area contributed by atoms with Gasteiger partial charge in [0.25, 0.3) is 0 Å². The Morgan fingerprint density at radius 2 is 1.76 bits per heavy atom. The zero-order valence-electron chi connectivity index (χ0n) is 11.7. The van der Waals surface area contributed by atoms with Gasteiger partial charge in [-0.15, -0.1) is 0 Å². The lowest BCUT2D eigenvalue weighted by molar-refractivity contribution is 0.689. The van der Waals surface area contributed by atoms with Crippen LogP contribution in [0.1, 0.15) is 40.7 Å². The topological polar surface area (TPSA) is 12.0 Å². The molecule has 96 valence electrons. The van der Waals surface area contributed by atoms with Crippen molar-refractivity contribution in [2.24, 2.45) is 0 Å². The van der Waals surface area contributed by atoms with E-state index < -0.39 is 0 Å². The molecular weight excluding hydrogens is 206 g/mol. The highest BCUT2D eigenvalue weighted by atomic mass is 14.9. The molecule has 17 heavy (non-hydrogen) atoms. The van der Waals surface area contributed by atoms with E-state index in [2.05, 4.69) is 54.7 Å². The second-order valence-electron chi connectivity index (χ2n) is 3.42. The number of benzene rings is 1. The van der Waals surface area contributed by atoms with Crippen LogP contribution in [0.25, 0.3) is 0 Å². The Kier molecular flexibility index (Phi) is 9.08. The minimum Gasteiger partial charge on any atom is -0.309 e. The van der Waals surface area contributed by atoms with E-state index in [0.717, 1.165) is 0 Å². The largest absolute Gasteiger partial charge is 0.309 e. The van der Waals surface area contributed by atoms with Gasteiger partial charge < -0.3 is 5.32 Å². The molecule has 1 atom stereocenters. The van der Waals surface area contributed by atoms with Crippen molar-refractivity contribution in [3.05, 3.63) is 59.7 Å². The number of hydrogen-bond acceptors (Lipinski definition) is 1. The van der Waals surface area contributed by atoms with Crippen LogP contribution in [0.5, 0.6) is 0 Å². The molecule has 0 aliphatic carbocycles. The normalized spacial score (nSPS) is 13.1. The Labute approximate surface area is 108 Å². The first kappa shape index (κ1) is 15.7. The van der Waals surface area contributed by atoms with E-state index in [9.17, 15) is 0 Å². The van der Waals surface area contributed by atoms with Crippen LogP contribution in [0.15, 0.2) is 54.1 Å². The summed E-state index contributed by atoms with van der Waals surface area (Å²) in [7, 11) is 1.99. The zero-order chi connectivity index (χ0) is 13.1. The van der Waals surface area contributed by atoms with Crippen LogP contribution >= 0.6 is 0 Å². The first-order valence-electron chi connectivity index (χ1n) is 6.34. The van der Waals surface area contributed by atoms with Crippen LogP contribution in [-0.4, -0.2) is 7.05 Å². The van der Waals surface area contributed by atoms with E-state index in [1.165, 1.54) is 11.1 Å².